The first-order chi connectivity index (χ1) is 8.72. The highest BCUT2D eigenvalue weighted by Crippen LogP contribution is 2.30. The molecule has 3 rings (SSSR count). The quantitative estimate of drug-likeness (QED) is 0.710. The molecule has 0 saturated carbocycles. The summed E-state index contributed by atoms with van der Waals surface area (Å²) in [6.45, 7) is 2.04. The molecule has 0 aliphatic rings. The number of aromatic nitrogens is 1. The minimum Gasteiger partial charge on any atom is -0.494 e. The maximum absolute atomic E-state index is 9.63. The van der Waals surface area contributed by atoms with Crippen LogP contribution in [0.15, 0.2) is 48.7 Å². The van der Waals surface area contributed by atoms with Crippen molar-refractivity contribution in [1.82, 2.24) is 4.98 Å². The zero-order chi connectivity index (χ0) is 12.5. The van der Waals surface area contributed by atoms with E-state index in [1.54, 1.807) is 6.20 Å². The zero-order valence-corrected chi connectivity index (χ0v) is 9.97. The van der Waals surface area contributed by atoms with Crippen molar-refractivity contribution in [3.05, 3.63) is 54.2 Å². The van der Waals surface area contributed by atoms with Crippen LogP contribution in [0, 0.1) is 6.92 Å². The average Bonchev–Trinajstić information content (AvgIpc) is 2.74. The second kappa shape index (κ2) is 4.11. The molecule has 0 spiro atoms. The summed E-state index contributed by atoms with van der Waals surface area (Å²) >= 11 is 0. The zero-order valence-electron chi connectivity index (χ0n) is 9.97. The first kappa shape index (κ1) is 10.7. The van der Waals surface area contributed by atoms with Gasteiger partial charge in [-0.15, -0.1) is 0 Å². The lowest BCUT2D eigenvalue weighted by Gasteiger charge is -2.06. The minimum absolute atomic E-state index is 0.166. The largest absolute Gasteiger partial charge is 0.494 e. The summed E-state index contributed by atoms with van der Waals surface area (Å²) in [6, 6.07) is 13.5. The molecule has 18 heavy (non-hydrogen) atoms. The number of fused-ring (bicyclic) bond motifs is 1. The number of hydrogen-bond donors (Lipinski definition) is 2. The monoisotopic (exact) mass is 239 g/mol. The summed E-state index contributed by atoms with van der Waals surface area (Å²) in [5.41, 5.74) is 1.20. The molecule has 0 radical (unpaired) electrons. The van der Waals surface area contributed by atoms with Crippen molar-refractivity contribution in [1.29, 1.82) is 0 Å². The summed E-state index contributed by atoms with van der Waals surface area (Å²) in [6.07, 6.45) is 1.76. The molecule has 0 aliphatic heterocycles. The van der Waals surface area contributed by atoms with Gasteiger partial charge in [0.1, 0.15) is 11.5 Å². The Kier molecular flexibility index (Phi) is 2.45. The van der Waals surface area contributed by atoms with Crippen molar-refractivity contribution in [3.63, 3.8) is 0 Å². The fraction of sp³-hybridized carbons (Fsp3) is 0.0667. The molecule has 0 fully saturated rings. The fourth-order valence-corrected chi connectivity index (χ4v) is 1.90. The minimum atomic E-state index is 0.166. The molecule has 0 unspecified atom stereocenters. The summed E-state index contributed by atoms with van der Waals surface area (Å²) in [7, 11) is 0. The maximum atomic E-state index is 9.63. The van der Waals surface area contributed by atoms with Crippen LogP contribution in [0.4, 0.5) is 0 Å². The average molecular weight is 239 g/mol. The van der Waals surface area contributed by atoms with E-state index in [2.05, 4.69) is 4.98 Å². The third kappa shape index (κ3) is 1.91. The van der Waals surface area contributed by atoms with Gasteiger partial charge in [-0.1, -0.05) is 17.7 Å². The standard InChI is InChI=1S/C15H13NO2/c1-10-2-5-12(6-3-10)18-13-7-4-11-9-16-15(17)14(11)8-13/h2-9,16-17H,1H3. The maximum Gasteiger partial charge on any atom is 0.196 e. The number of aromatic hydroxyl groups is 1. The molecule has 0 saturated heterocycles. The molecule has 90 valence electrons. The van der Waals surface area contributed by atoms with Crippen LogP contribution in [0.3, 0.4) is 0 Å². The van der Waals surface area contributed by atoms with E-state index >= 15 is 0 Å². The number of ether oxygens (including phenoxy) is 1. The van der Waals surface area contributed by atoms with Crippen molar-refractivity contribution < 1.29 is 9.84 Å². The van der Waals surface area contributed by atoms with Gasteiger partial charge in [-0.3, -0.25) is 0 Å². The molecule has 0 bridgehead atoms. The first-order valence-corrected chi connectivity index (χ1v) is 5.77. The lowest BCUT2D eigenvalue weighted by atomic mass is 10.2. The number of nitrogens with one attached hydrogen (secondary N) is 1. The Morgan fingerprint density at radius 2 is 1.72 bits per heavy atom. The Balaban J connectivity index is 1.94. The molecule has 3 aromatic rings. The van der Waals surface area contributed by atoms with Gasteiger partial charge < -0.3 is 14.8 Å². The van der Waals surface area contributed by atoms with Crippen molar-refractivity contribution in [2.24, 2.45) is 0 Å². The van der Waals surface area contributed by atoms with Crippen LogP contribution in [0.1, 0.15) is 5.56 Å². The molecular weight excluding hydrogens is 226 g/mol. The number of hydrogen-bond acceptors (Lipinski definition) is 2. The van der Waals surface area contributed by atoms with Gasteiger partial charge >= 0.3 is 0 Å². The molecule has 3 nitrogen and oxygen atoms in total. The van der Waals surface area contributed by atoms with Crippen LogP contribution < -0.4 is 4.74 Å². The predicted octanol–water partition coefficient (Wildman–Crippen LogP) is 3.97. The molecule has 1 aromatic heterocycles. The number of benzene rings is 2. The van der Waals surface area contributed by atoms with Crippen LogP contribution in [-0.2, 0) is 0 Å². The Bertz CT molecular complexity index is 683. The van der Waals surface area contributed by atoms with Gasteiger partial charge in [-0.2, -0.15) is 0 Å². The Labute approximate surface area is 105 Å². The number of aromatic amines is 1. The Morgan fingerprint density at radius 3 is 2.50 bits per heavy atom. The first-order valence-electron chi connectivity index (χ1n) is 5.77. The normalized spacial score (nSPS) is 10.7. The van der Waals surface area contributed by atoms with Crippen LogP contribution in [0.5, 0.6) is 17.4 Å². The topological polar surface area (TPSA) is 45.2 Å². The lowest BCUT2D eigenvalue weighted by molar-refractivity contribution is 0.461. The van der Waals surface area contributed by atoms with E-state index in [-0.39, 0.29) is 5.88 Å². The molecule has 2 aromatic carbocycles. The third-order valence-electron chi connectivity index (χ3n) is 2.90. The molecule has 0 amide bonds. The van der Waals surface area contributed by atoms with E-state index in [0.717, 1.165) is 16.5 Å². The van der Waals surface area contributed by atoms with Crippen molar-refractivity contribution in [3.8, 4) is 17.4 Å². The van der Waals surface area contributed by atoms with Gasteiger partial charge in [-0.25, -0.2) is 0 Å². The summed E-state index contributed by atoms with van der Waals surface area (Å²) in [5, 5.41) is 11.4. The van der Waals surface area contributed by atoms with E-state index in [1.807, 2.05) is 49.4 Å². The van der Waals surface area contributed by atoms with E-state index in [4.69, 9.17) is 4.74 Å². The molecule has 0 aliphatic carbocycles. The van der Waals surface area contributed by atoms with Crippen LogP contribution in [0.25, 0.3) is 10.8 Å². The van der Waals surface area contributed by atoms with Crippen LogP contribution >= 0.6 is 0 Å². The Hall–Kier alpha value is -2.42. The number of rotatable bonds is 2. The second-order valence-corrected chi connectivity index (χ2v) is 4.30. The van der Waals surface area contributed by atoms with Crippen molar-refractivity contribution in [2.45, 2.75) is 6.92 Å². The highest BCUT2D eigenvalue weighted by molar-refractivity contribution is 5.88. The SMILES string of the molecule is Cc1ccc(Oc2ccc3c[nH]c(O)c3c2)cc1. The fourth-order valence-electron chi connectivity index (χ4n) is 1.90. The molecule has 1 heterocycles. The molecule has 3 heteroatoms. The lowest BCUT2D eigenvalue weighted by Crippen LogP contribution is -1.83. The van der Waals surface area contributed by atoms with E-state index in [9.17, 15) is 5.11 Å². The van der Waals surface area contributed by atoms with Gasteiger partial charge in [0.25, 0.3) is 0 Å². The summed E-state index contributed by atoms with van der Waals surface area (Å²) in [4.78, 5) is 2.78. The van der Waals surface area contributed by atoms with Crippen LogP contribution in [-0.4, -0.2) is 10.1 Å². The summed E-state index contributed by atoms with van der Waals surface area (Å²) in [5.74, 6) is 1.66. The van der Waals surface area contributed by atoms with Gasteiger partial charge in [0.15, 0.2) is 5.88 Å². The predicted molar refractivity (Wildman–Crippen MR) is 71.2 cm³/mol. The van der Waals surface area contributed by atoms with Gasteiger partial charge in [-0.05, 0) is 37.3 Å². The molecule has 2 N–H and O–H groups in total. The van der Waals surface area contributed by atoms with E-state index in [0.29, 0.717) is 5.75 Å². The summed E-state index contributed by atoms with van der Waals surface area (Å²) < 4.78 is 5.74. The molecular formula is C15H13NO2. The highest BCUT2D eigenvalue weighted by Gasteiger charge is 2.04. The Morgan fingerprint density at radius 1 is 1.00 bits per heavy atom. The highest BCUT2D eigenvalue weighted by atomic mass is 16.5. The smallest absolute Gasteiger partial charge is 0.196 e. The van der Waals surface area contributed by atoms with Crippen molar-refractivity contribution >= 4 is 10.8 Å². The van der Waals surface area contributed by atoms with Gasteiger partial charge in [0.2, 0.25) is 0 Å². The number of H-pyrrole nitrogens is 1. The third-order valence-corrected chi connectivity index (χ3v) is 2.90. The van der Waals surface area contributed by atoms with E-state index in [1.165, 1.54) is 5.56 Å². The van der Waals surface area contributed by atoms with E-state index < -0.39 is 0 Å². The van der Waals surface area contributed by atoms with Crippen LogP contribution in [0.2, 0.25) is 0 Å². The number of aryl methyl sites for hydroxylation is 1. The molecule has 0 atom stereocenters. The van der Waals surface area contributed by atoms with Crippen molar-refractivity contribution in [2.75, 3.05) is 0 Å². The van der Waals surface area contributed by atoms with Gasteiger partial charge in [0, 0.05) is 17.0 Å². The van der Waals surface area contributed by atoms with Gasteiger partial charge in [0.05, 0.1) is 0 Å². The second-order valence-electron chi connectivity index (χ2n) is 4.30.